The molecule has 6 rings (SSSR count). The summed E-state index contributed by atoms with van der Waals surface area (Å²) in [4.78, 5) is 3.04. The number of hydrogen-bond acceptors (Lipinski definition) is 6. The number of nitrogens with one attached hydrogen (secondary N) is 2. The van der Waals surface area contributed by atoms with Crippen LogP contribution in [0.5, 0.6) is 0 Å². The summed E-state index contributed by atoms with van der Waals surface area (Å²) in [6.45, 7) is 2.02. The highest BCUT2D eigenvalue weighted by Crippen LogP contribution is 2.68. The summed E-state index contributed by atoms with van der Waals surface area (Å²) in [5, 5.41) is 24.5. The van der Waals surface area contributed by atoms with Gasteiger partial charge < -0.3 is 19.7 Å². The molecule has 0 aromatic heterocycles. The Morgan fingerprint density at radius 3 is 3.00 bits per heavy atom. The number of rotatable bonds is 0. The molecule has 6 N–H and O–H groups in total. The SMILES string of the molecule is C[C@H]1[C@H]2O[C@@]3(O)[C@@H]1[C@@H]1[C@H]4[NH+]=C(N)N[C@@]1([C@@H]3O4)[C@H]2O. The Labute approximate surface area is 103 Å². The van der Waals surface area contributed by atoms with Gasteiger partial charge in [0.25, 0.3) is 0 Å². The van der Waals surface area contributed by atoms with Gasteiger partial charge in [-0.2, -0.15) is 0 Å². The zero-order valence-corrected chi connectivity index (χ0v) is 9.83. The minimum absolute atomic E-state index is 0.0245. The molecule has 0 amide bonds. The molecule has 18 heavy (non-hydrogen) atoms. The van der Waals surface area contributed by atoms with E-state index in [4.69, 9.17) is 15.2 Å². The zero-order chi connectivity index (χ0) is 12.4. The van der Waals surface area contributed by atoms with Gasteiger partial charge in [0.15, 0.2) is 17.9 Å². The van der Waals surface area contributed by atoms with E-state index in [0.29, 0.717) is 5.96 Å². The highest BCUT2D eigenvalue weighted by atomic mass is 16.7. The van der Waals surface area contributed by atoms with E-state index < -0.39 is 23.5 Å². The lowest BCUT2D eigenvalue weighted by atomic mass is 9.65. The lowest BCUT2D eigenvalue weighted by molar-refractivity contribution is -0.584. The van der Waals surface area contributed by atoms with Crippen LogP contribution in [0.3, 0.4) is 0 Å². The molecule has 0 radical (unpaired) electrons. The summed E-state index contributed by atoms with van der Waals surface area (Å²) in [5.74, 6) is -0.825. The highest BCUT2D eigenvalue weighted by Gasteiger charge is 2.89. The normalized spacial score (nSPS) is 70.4. The number of aliphatic hydroxyl groups is 2. The van der Waals surface area contributed by atoms with E-state index in [2.05, 4.69) is 10.3 Å². The van der Waals surface area contributed by atoms with Crippen molar-refractivity contribution in [2.75, 3.05) is 0 Å². The average Bonchev–Trinajstić information content (AvgIpc) is 2.73. The van der Waals surface area contributed by atoms with Gasteiger partial charge in [-0.25, -0.2) is 0 Å². The van der Waals surface area contributed by atoms with Crippen LogP contribution in [0.2, 0.25) is 0 Å². The van der Waals surface area contributed by atoms with E-state index in [1.54, 1.807) is 0 Å². The van der Waals surface area contributed by atoms with E-state index in [9.17, 15) is 10.2 Å². The number of hydrogen-bond donors (Lipinski definition) is 5. The lowest BCUT2D eigenvalue weighted by Gasteiger charge is -2.46. The maximum absolute atomic E-state index is 10.8. The monoisotopic (exact) mass is 254 g/mol. The van der Waals surface area contributed by atoms with Crippen LogP contribution in [0.4, 0.5) is 0 Å². The molecule has 7 nitrogen and oxygen atoms in total. The van der Waals surface area contributed by atoms with Gasteiger partial charge >= 0.3 is 5.96 Å². The van der Waals surface area contributed by atoms with Gasteiger partial charge in [-0.3, -0.25) is 16.0 Å². The molecule has 0 aromatic carbocycles. The van der Waals surface area contributed by atoms with Crippen LogP contribution in [0.15, 0.2) is 0 Å². The third-order valence-electron chi connectivity index (χ3n) is 5.69. The summed E-state index contributed by atoms with van der Waals surface area (Å²) >= 11 is 0. The molecule has 1 spiro atoms. The molecular weight excluding hydrogens is 238 g/mol. The van der Waals surface area contributed by atoms with Crippen molar-refractivity contribution in [1.29, 1.82) is 0 Å². The third-order valence-corrected chi connectivity index (χ3v) is 5.69. The van der Waals surface area contributed by atoms with Gasteiger partial charge in [0, 0.05) is 5.92 Å². The summed E-state index contributed by atoms with van der Waals surface area (Å²) in [5.41, 5.74) is 5.12. The number of guanidine groups is 1. The first kappa shape index (κ1) is 9.96. The second-order valence-corrected chi connectivity index (χ2v) is 6.24. The second-order valence-electron chi connectivity index (χ2n) is 6.24. The number of ether oxygens (including phenoxy) is 2. The molecule has 3 saturated heterocycles. The molecule has 0 aromatic rings. The Morgan fingerprint density at radius 1 is 1.44 bits per heavy atom. The minimum atomic E-state index is -1.29. The van der Waals surface area contributed by atoms with Gasteiger partial charge in [-0.05, 0) is 5.92 Å². The van der Waals surface area contributed by atoms with Crippen LogP contribution in [-0.4, -0.2) is 52.0 Å². The van der Waals surface area contributed by atoms with Gasteiger partial charge in [-0.1, -0.05) is 6.92 Å². The molecule has 98 valence electrons. The Hall–Kier alpha value is -0.890. The minimum Gasteiger partial charge on any atom is -0.386 e. The van der Waals surface area contributed by atoms with Crippen LogP contribution in [-0.2, 0) is 9.47 Å². The van der Waals surface area contributed by atoms with Gasteiger partial charge in [-0.15, -0.1) is 0 Å². The maximum Gasteiger partial charge on any atom is 0.343 e. The average molecular weight is 254 g/mol. The molecule has 4 aliphatic heterocycles. The van der Waals surface area contributed by atoms with Crippen molar-refractivity contribution < 1.29 is 24.7 Å². The predicted molar refractivity (Wildman–Crippen MR) is 56.7 cm³/mol. The first-order chi connectivity index (χ1) is 8.50. The molecule has 4 heterocycles. The molecular formula is C11H16N3O4+. The van der Waals surface area contributed by atoms with Crippen LogP contribution < -0.4 is 16.0 Å². The first-order valence-electron chi connectivity index (χ1n) is 6.41. The Bertz CT molecular complexity index is 499. The molecule has 0 unspecified atom stereocenters. The second kappa shape index (κ2) is 2.40. The summed E-state index contributed by atoms with van der Waals surface area (Å²) in [7, 11) is 0. The van der Waals surface area contributed by atoms with Crippen molar-refractivity contribution in [2.45, 2.75) is 42.8 Å². The van der Waals surface area contributed by atoms with Crippen molar-refractivity contribution in [3.05, 3.63) is 0 Å². The predicted octanol–water partition coefficient (Wildman–Crippen LogP) is -4.21. The molecule has 9 atom stereocenters. The topological polar surface area (TPSA) is 111 Å². The fourth-order valence-corrected chi connectivity index (χ4v) is 5.25. The molecule has 5 fully saturated rings. The molecule has 6 aliphatic rings. The fourth-order valence-electron chi connectivity index (χ4n) is 5.25. The van der Waals surface area contributed by atoms with E-state index in [1.165, 1.54) is 0 Å². The van der Waals surface area contributed by atoms with Gasteiger partial charge in [0.05, 0.1) is 12.0 Å². The zero-order valence-electron chi connectivity index (χ0n) is 9.83. The summed E-state index contributed by atoms with van der Waals surface area (Å²) in [6.07, 6.45) is -1.89. The number of aliphatic hydroxyl groups excluding tert-OH is 1. The van der Waals surface area contributed by atoms with Gasteiger partial charge in [0.1, 0.15) is 6.10 Å². The van der Waals surface area contributed by atoms with E-state index in [-0.39, 0.29) is 30.1 Å². The fraction of sp³-hybridized carbons (Fsp3) is 0.909. The van der Waals surface area contributed by atoms with Crippen molar-refractivity contribution >= 4 is 5.96 Å². The smallest absolute Gasteiger partial charge is 0.343 e. The Kier molecular flexibility index (Phi) is 1.33. The summed E-state index contributed by atoms with van der Waals surface area (Å²) < 4.78 is 11.5. The quantitative estimate of drug-likeness (QED) is 0.300. The Morgan fingerprint density at radius 2 is 2.22 bits per heavy atom. The standard InChI is InChI=1S/C11H15N3O4/c1-2-3-4-7-13-9(12)14-10(4)6(15)5(2)18-11(3,16)8(10)17-7/h2-8,15-16H,1H3,(H3,12,13,14)/p+1/t2-,3+,4-,5-,6+,7+,8+,10-,11+/m1/s1. The maximum atomic E-state index is 10.8. The highest BCUT2D eigenvalue weighted by molar-refractivity contribution is 5.74. The molecule has 2 aliphatic carbocycles. The van der Waals surface area contributed by atoms with Gasteiger partial charge in [0.2, 0.25) is 5.79 Å². The van der Waals surface area contributed by atoms with Crippen LogP contribution >= 0.6 is 0 Å². The van der Waals surface area contributed by atoms with Crippen molar-refractivity contribution in [3.63, 3.8) is 0 Å². The number of nitrogens with two attached hydrogens (primary N) is 1. The molecule has 7 bridgehead atoms. The molecule has 7 heteroatoms. The third kappa shape index (κ3) is 0.668. The van der Waals surface area contributed by atoms with E-state index in [1.807, 2.05) is 6.92 Å². The van der Waals surface area contributed by atoms with Crippen LogP contribution in [0.25, 0.3) is 0 Å². The molecule has 2 saturated carbocycles. The van der Waals surface area contributed by atoms with Crippen molar-refractivity contribution in [1.82, 2.24) is 5.32 Å². The van der Waals surface area contributed by atoms with Crippen LogP contribution in [0, 0.1) is 17.8 Å². The summed E-state index contributed by atoms with van der Waals surface area (Å²) in [6, 6.07) is 0. The van der Waals surface area contributed by atoms with Crippen LogP contribution in [0.1, 0.15) is 6.92 Å². The first-order valence-corrected chi connectivity index (χ1v) is 6.41. The van der Waals surface area contributed by atoms with Crippen molar-refractivity contribution in [3.8, 4) is 0 Å². The lowest BCUT2D eigenvalue weighted by Crippen LogP contribution is -2.92. The Balaban J connectivity index is 1.79. The van der Waals surface area contributed by atoms with E-state index in [0.717, 1.165) is 0 Å². The van der Waals surface area contributed by atoms with E-state index >= 15 is 0 Å². The van der Waals surface area contributed by atoms with Crippen molar-refractivity contribution in [2.24, 2.45) is 23.5 Å². The largest absolute Gasteiger partial charge is 0.386 e.